The smallest absolute Gasteiger partial charge is 0.249 e. The van der Waals surface area contributed by atoms with E-state index in [-0.39, 0.29) is 0 Å². The van der Waals surface area contributed by atoms with Crippen LogP contribution in [0.1, 0.15) is 11.3 Å². The maximum atomic E-state index is 12.2. The number of alkyl halides is 3. The van der Waals surface area contributed by atoms with E-state index < -0.39 is 17.4 Å². The molecule has 1 aromatic heterocycles. The Kier molecular flexibility index (Phi) is 2.75. The van der Waals surface area contributed by atoms with Gasteiger partial charge in [0.15, 0.2) is 5.69 Å². The lowest BCUT2D eigenvalue weighted by atomic mass is 10.2. The average Bonchev–Trinajstić information content (AvgIpc) is 2.01. The Morgan fingerprint density at radius 2 is 2.08 bits per heavy atom. The average molecular weight is 298 g/mol. The molecule has 0 bridgehead atoms. The van der Waals surface area contributed by atoms with Gasteiger partial charge in [0, 0.05) is 9.77 Å². The zero-order valence-corrected chi connectivity index (χ0v) is 8.22. The molecule has 0 saturated heterocycles. The molecule has 13 heavy (non-hydrogen) atoms. The molecule has 0 saturated carbocycles. The van der Waals surface area contributed by atoms with Crippen LogP contribution in [0.5, 0.6) is 0 Å². The number of aromatic nitrogens is 1. The largest absolute Gasteiger partial charge is 0.434 e. The van der Waals surface area contributed by atoms with Crippen molar-refractivity contribution < 1.29 is 13.2 Å². The van der Waals surface area contributed by atoms with Crippen LogP contribution in [0.3, 0.4) is 0 Å². The first-order valence-electron chi connectivity index (χ1n) is 3.08. The lowest BCUT2D eigenvalue weighted by Gasteiger charge is -2.06. The van der Waals surface area contributed by atoms with E-state index >= 15 is 0 Å². The summed E-state index contributed by atoms with van der Waals surface area (Å²) in [6, 6.07) is 2.60. The first-order valence-corrected chi connectivity index (χ1v) is 4.16. The second-order valence-corrected chi connectivity index (χ2v) is 3.40. The molecule has 0 radical (unpaired) electrons. The van der Waals surface area contributed by atoms with Crippen LogP contribution in [0.2, 0.25) is 0 Å². The van der Waals surface area contributed by atoms with E-state index in [9.17, 15) is 13.2 Å². The maximum absolute atomic E-state index is 12.2. The molecule has 0 unspecified atom stereocenters. The Hall–Kier alpha value is -0.840. The van der Waals surface area contributed by atoms with Gasteiger partial charge >= 0.3 is 6.18 Å². The van der Waals surface area contributed by atoms with Crippen molar-refractivity contribution in [3.05, 3.63) is 27.1 Å². The van der Waals surface area contributed by atoms with Gasteiger partial charge in [-0.2, -0.15) is 18.4 Å². The SMILES string of the molecule is N#Cc1cc(I)cnc1C(F)(F)F. The van der Waals surface area contributed by atoms with Crippen molar-refractivity contribution in [1.29, 1.82) is 5.26 Å². The zero-order chi connectivity index (χ0) is 10.1. The summed E-state index contributed by atoms with van der Waals surface area (Å²) in [7, 11) is 0. The number of nitriles is 1. The number of pyridine rings is 1. The van der Waals surface area contributed by atoms with Gasteiger partial charge in [-0.3, -0.25) is 0 Å². The van der Waals surface area contributed by atoms with Crippen LogP contribution in [0.25, 0.3) is 0 Å². The molecule has 0 amide bonds. The van der Waals surface area contributed by atoms with Gasteiger partial charge < -0.3 is 0 Å². The molecular formula is C7H2F3IN2. The quantitative estimate of drug-likeness (QED) is 0.690. The Labute approximate surface area is 85.5 Å². The predicted octanol–water partition coefficient (Wildman–Crippen LogP) is 2.58. The Morgan fingerprint density at radius 1 is 1.46 bits per heavy atom. The topological polar surface area (TPSA) is 36.7 Å². The zero-order valence-electron chi connectivity index (χ0n) is 6.06. The van der Waals surface area contributed by atoms with Crippen molar-refractivity contribution in [3.63, 3.8) is 0 Å². The van der Waals surface area contributed by atoms with Crippen molar-refractivity contribution in [2.45, 2.75) is 6.18 Å². The maximum Gasteiger partial charge on any atom is 0.434 e. The summed E-state index contributed by atoms with van der Waals surface area (Å²) in [4.78, 5) is 3.17. The van der Waals surface area contributed by atoms with E-state index in [2.05, 4.69) is 4.98 Å². The molecule has 1 heterocycles. The molecule has 6 heteroatoms. The van der Waals surface area contributed by atoms with Crippen LogP contribution in [-0.2, 0) is 6.18 Å². The number of hydrogen-bond donors (Lipinski definition) is 0. The number of hydrogen-bond acceptors (Lipinski definition) is 2. The Balaban J connectivity index is 3.32. The first-order chi connectivity index (χ1) is 5.95. The van der Waals surface area contributed by atoms with Gasteiger partial charge in [0.25, 0.3) is 0 Å². The number of nitrogens with zero attached hydrogens (tertiary/aromatic N) is 2. The Morgan fingerprint density at radius 3 is 2.54 bits per heavy atom. The summed E-state index contributed by atoms with van der Waals surface area (Å²) in [6.45, 7) is 0. The van der Waals surface area contributed by atoms with Gasteiger partial charge in [-0.25, -0.2) is 4.98 Å². The fraction of sp³-hybridized carbons (Fsp3) is 0.143. The van der Waals surface area contributed by atoms with Crippen LogP contribution < -0.4 is 0 Å². The van der Waals surface area contributed by atoms with E-state index in [1.165, 1.54) is 6.07 Å². The molecule has 0 aliphatic rings. The molecule has 0 spiro atoms. The lowest BCUT2D eigenvalue weighted by Crippen LogP contribution is -2.10. The molecule has 0 N–H and O–H groups in total. The molecule has 68 valence electrons. The fourth-order valence-electron chi connectivity index (χ4n) is 0.750. The van der Waals surface area contributed by atoms with Gasteiger partial charge in [0.1, 0.15) is 6.07 Å². The molecule has 0 aromatic carbocycles. The van der Waals surface area contributed by atoms with Crippen molar-refractivity contribution in [1.82, 2.24) is 4.98 Å². The first kappa shape index (κ1) is 10.2. The van der Waals surface area contributed by atoms with Gasteiger partial charge in [0.05, 0.1) is 5.56 Å². The molecule has 1 aromatic rings. The highest BCUT2D eigenvalue weighted by Gasteiger charge is 2.35. The summed E-state index contributed by atoms with van der Waals surface area (Å²) in [5.74, 6) is 0. The highest BCUT2D eigenvalue weighted by atomic mass is 127. The van der Waals surface area contributed by atoms with Gasteiger partial charge in [0.2, 0.25) is 0 Å². The third-order valence-corrected chi connectivity index (χ3v) is 1.83. The van der Waals surface area contributed by atoms with Gasteiger partial charge in [-0.05, 0) is 28.7 Å². The summed E-state index contributed by atoms with van der Waals surface area (Å²) in [6.07, 6.45) is -3.49. The normalized spacial score (nSPS) is 11.0. The second kappa shape index (κ2) is 3.49. The molecule has 0 aliphatic heterocycles. The van der Waals surface area contributed by atoms with E-state index in [1.54, 1.807) is 22.6 Å². The van der Waals surface area contributed by atoms with Crippen LogP contribution in [-0.4, -0.2) is 4.98 Å². The van der Waals surface area contributed by atoms with Crippen molar-refractivity contribution in [3.8, 4) is 6.07 Å². The summed E-state index contributed by atoms with van der Waals surface area (Å²) in [5, 5.41) is 8.41. The minimum Gasteiger partial charge on any atom is -0.249 e. The minimum absolute atomic E-state index is 0.445. The highest BCUT2D eigenvalue weighted by Crippen LogP contribution is 2.30. The monoisotopic (exact) mass is 298 g/mol. The summed E-state index contributed by atoms with van der Waals surface area (Å²) < 4.78 is 37.0. The third kappa shape index (κ3) is 2.30. The van der Waals surface area contributed by atoms with Gasteiger partial charge in [-0.1, -0.05) is 0 Å². The van der Waals surface area contributed by atoms with E-state index in [0.29, 0.717) is 3.57 Å². The van der Waals surface area contributed by atoms with Crippen molar-refractivity contribution >= 4 is 22.6 Å². The summed E-state index contributed by atoms with van der Waals surface area (Å²) in [5.41, 5.74) is -1.57. The second-order valence-electron chi connectivity index (χ2n) is 2.16. The molecular weight excluding hydrogens is 296 g/mol. The molecule has 0 fully saturated rings. The molecule has 1 rings (SSSR count). The summed E-state index contributed by atoms with van der Waals surface area (Å²) >= 11 is 1.79. The lowest BCUT2D eigenvalue weighted by molar-refractivity contribution is -0.141. The highest BCUT2D eigenvalue weighted by molar-refractivity contribution is 14.1. The molecule has 2 nitrogen and oxygen atoms in total. The van der Waals surface area contributed by atoms with E-state index in [1.807, 2.05) is 0 Å². The number of halogens is 4. The van der Waals surface area contributed by atoms with E-state index in [4.69, 9.17) is 5.26 Å². The van der Waals surface area contributed by atoms with Gasteiger partial charge in [-0.15, -0.1) is 0 Å². The minimum atomic E-state index is -4.56. The van der Waals surface area contributed by atoms with Crippen LogP contribution in [0.15, 0.2) is 12.3 Å². The molecule has 0 atom stereocenters. The third-order valence-electron chi connectivity index (χ3n) is 1.24. The van der Waals surface area contributed by atoms with Crippen LogP contribution in [0.4, 0.5) is 13.2 Å². The van der Waals surface area contributed by atoms with Crippen LogP contribution in [0, 0.1) is 14.9 Å². The Bertz CT molecular complexity index is 367. The van der Waals surface area contributed by atoms with E-state index in [0.717, 1.165) is 12.3 Å². The van der Waals surface area contributed by atoms with Crippen molar-refractivity contribution in [2.24, 2.45) is 0 Å². The fourth-order valence-corrected chi connectivity index (χ4v) is 1.20. The predicted molar refractivity (Wildman–Crippen MR) is 46.7 cm³/mol. The van der Waals surface area contributed by atoms with Crippen LogP contribution >= 0.6 is 22.6 Å². The standard InChI is InChI=1S/C7H2F3IN2/c8-7(9,10)6-4(2-12)1-5(11)3-13-6/h1,3H. The number of rotatable bonds is 0. The van der Waals surface area contributed by atoms with Crippen molar-refractivity contribution in [2.75, 3.05) is 0 Å². The molecule has 0 aliphatic carbocycles.